The van der Waals surface area contributed by atoms with Gasteiger partial charge in [0.25, 0.3) is 0 Å². The third-order valence-corrected chi connectivity index (χ3v) is 6.46. The smallest absolute Gasteiger partial charge is 0.204 e. The maximum Gasteiger partial charge on any atom is 0.204 e. The second-order valence-corrected chi connectivity index (χ2v) is 7.98. The lowest BCUT2D eigenvalue weighted by Gasteiger charge is -2.28. The van der Waals surface area contributed by atoms with Gasteiger partial charge in [-0.2, -0.15) is 0 Å². The summed E-state index contributed by atoms with van der Waals surface area (Å²) in [5.74, 6) is -1.72. The van der Waals surface area contributed by atoms with Crippen molar-refractivity contribution in [3.05, 3.63) is 35.5 Å². The molecule has 3 aliphatic carbocycles. The third-order valence-electron chi connectivity index (χ3n) is 6.46. The summed E-state index contributed by atoms with van der Waals surface area (Å²) in [5, 5.41) is 41.8. The first-order chi connectivity index (χ1) is 13.5. The molecule has 3 aromatic rings. The Kier molecular flexibility index (Phi) is 3.73. The number of phenolic OH excluding ortho intramolecular Hbond substituents is 4. The van der Waals surface area contributed by atoms with Gasteiger partial charge < -0.3 is 20.4 Å². The van der Waals surface area contributed by atoms with Crippen molar-refractivity contribution in [2.75, 3.05) is 0 Å². The molecule has 0 aliphatic heterocycles. The molecule has 1 fully saturated rings. The average Bonchev–Trinajstić information content (AvgIpc) is 3.04. The van der Waals surface area contributed by atoms with E-state index in [1.807, 2.05) is 0 Å². The van der Waals surface area contributed by atoms with Gasteiger partial charge in [-0.25, -0.2) is 0 Å². The minimum Gasteiger partial charge on any atom is -0.505 e. The van der Waals surface area contributed by atoms with E-state index in [1.165, 1.54) is 43.2 Å². The van der Waals surface area contributed by atoms with E-state index in [9.17, 15) is 20.4 Å². The Morgan fingerprint density at radius 1 is 0.750 bits per heavy atom. The number of pyridine rings is 1. The van der Waals surface area contributed by atoms with Crippen molar-refractivity contribution >= 4 is 24.1 Å². The topological polar surface area (TPSA) is 93.8 Å². The highest BCUT2D eigenvalue weighted by molar-refractivity contribution is 6.39. The summed E-state index contributed by atoms with van der Waals surface area (Å²) in [7, 11) is 5.89. The first-order valence-electron chi connectivity index (χ1n) is 9.65. The second-order valence-electron chi connectivity index (χ2n) is 7.98. The normalized spacial score (nSPS) is 20.9. The molecule has 2 aromatic carbocycles. The molecule has 140 valence electrons. The van der Waals surface area contributed by atoms with E-state index in [2.05, 4.69) is 17.1 Å². The van der Waals surface area contributed by atoms with Crippen LogP contribution in [-0.4, -0.2) is 33.3 Å². The van der Waals surface area contributed by atoms with E-state index in [0.717, 1.165) is 10.8 Å². The Morgan fingerprint density at radius 3 is 2.04 bits per heavy atom. The molecule has 6 heteroatoms. The zero-order valence-corrected chi connectivity index (χ0v) is 15.3. The minimum absolute atomic E-state index is 0.00571. The molecule has 1 saturated carbocycles. The maximum atomic E-state index is 10.3. The molecule has 1 heterocycles. The molecule has 1 aromatic heterocycles. The van der Waals surface area contributed by atoms with Gasteiger partial charge in [0.15, 0.2) is 11.5 Å². The molecule has 2 atom stereocenters. The number of fused-ring (bicyclic) bond motifs is 4. The first kappa shape index (κ1) is 17.2. The summed E-state index contributed by atoms with van der Waals surface area (Å²) in [6.45, 7) is 0. The Labute approximate surface area is 163 Å². The van der Waals surface area contributed by atoms with E-state index in [-0.39, 0.29) is 11.0 Å². The van der Waals surface area contributed by atoms with Crippen molar-refractivity contribution < 1.29 is 20.4 Å². The van der Waals surface area contributed by atoms with Gasteiger partial charge in [0.05, 0.1) is 5.69 Å². The lowest BCUT2D eigenvalue weighted by Crippen LogP contribution is -2.11. The third kappa shape index (κ3) is 2.37. The van der Waals surface area contributed by atoms with Crippen LogP contribution in [0.15, 0.2) is 24.4 Å². The van der Waals surface area contributed by atoms with Crippen molar-refractivity contribution in [2.45, 2.75) is 43.9 Å². The van der Waals surface area contributed by atoms with Gasteiger partial charge in [-0.15, -0.1) is 0 Å². The molecule has 5 nitrogen and oxygen atoms in total. The zero-order chi connectivity index (χ0) is 19.6. The molecule has 6 rings (SSSR count). The molecule has 0 spiro atoms. The van der Waals surface area contributed by atoms with Gasteiger partial charge in [0, 0.05) is 17.1 Å². The number of aromatic nitrogens is 1. The van der Waals surface area contributed by atoms with Gasteiger partial charge in [-0.05, 0) is 71.6 Å². The number of nitrogens with zero attached hydrogens (tertiary/aromatic N) is 1. The van der Waals surface area contributed by atoms with E-state index in [4.69, 9.17) is 7.85 Å². The fourth-order valence-electron chi connectivity index (χ4n) is 4.97. The fourth-order valence-corrected chi connectivity index (χ4v) is 4.97. The fraction of sp³-hybridized carbons (Fsp3) is 0.318. The minimum atomic E-state index is -0.846. The molecule has 4 N–H and O–H groups in total. The predicted octanol–water partition coefficient (Wildman–Crippen LogP) is 3.66. The Bertz CT molecular complexity index is 1090. The number of hydrogen-bond acceptors (Lipinski definition) is 5. The number of rotatable bonds is 1. The van der Waals surface area contributed by atoms with Crippen molar-refractivity contribution in [3.63, 3.8) is 0 Å². The standard InChI is InChI=1S/C22H20BNO4/c23-18-17(19(25)21(27)22(28)20(18)26)16-8-12-6-14-10-2-1-3-11(5-4-10)15(14)7-13(12)9-24-16/h6-11,25-28H,1-5H2. The van der Waals surface area contributed by atoms with Crippen LogP contribution < -0.4 is 5.46 Å². The summed E-state index contributed by atoms with van der Waals surface area (Å²) in [5.41, 5.74) is 2.96. The Hall–Kier alpha value is -2.89. The largest absolute Gasteiger partial charge is 0.505 e. The summed E-state index contributed by atoms with van der Waals surface area (Å²) in [4.78, 5) is 4.40. The SMILES string of the molecule is [B]c1c(O)c(O)c(O)c(O)c1-c1cc2cc3c(cc2cn1)C1CCCC3CC1. The molecular formula is C22H20BNO4. The van der Waals surface area contributed by atoms with Gasteiger partial charge in [0.2, 0.25) is 11.5 Å². The Balaban J connectivity index is 1.71. The van der Waals surface area contributed by atoms with Crippen LogP contribution in [0.25, 0.3) is 22.0 Å². The van der Waals surface area contributed by atoms with Crippen LogP contribution in [0.4, 0.5) is 0 Å². The number of hydrogen-bond donors (Lipinski definition) is 4. The number of benzene rings is 2. The Morgan fingerprint density at radius 2 is 1.36 bits per heavy atom. The van der Waals surface area contributed by atoms with Crippen LogP contribution in [0.5, 0.6) is 23.0 Å². The summed E-state index contributed by atoms with van der Waals surface area (Å²) >= 11 is 0. The van der Waals surface area contributed by atoms with Crippen molar-refractivity contribution in [2.24, 2.45) is 0 Å². The molecule has 3 aliphatic rings. The van der Waals surface area contributed by atoms with Gasteiger partial charge in [0.1, 0.15) is 7.85 Å². The predicted molar refractivity (Wildman–Crippen MR) is 108 cm³/mol. The molecule has 0 saturated heterocycles. The summed E-state index contributed by atoms with van der Waals surface area (Å²) in [6, 6.07) is 6.25. The van der Waals surface area contributed by atoms with Gasteiger partial charge in [-0.1, -0.05) is 12.5 Å². The molecule has 2 bridgehead atoms. The van der Waals surface area contributed by atoms with E-state index >= 15 is 0 Å². The quantitative estimate of drug-likeness (QED) is 0.297. The van der Waals surface area contributed by atoms with Crippen LogP contribution in [0.2, 0.25) is 0 Å². The van der Waals surface area contributed by atoms with Crippen LogP contribution >= 0.6 is 0 Å². The average molecular weight is 373 g/mol. The lowest BCUT2D eigenvalue weighted by atomic mass is 9.77. The zero-order valence-electron chi connectivity index (χ0n) is 15.3. The molecule has 2 radical (unpaired) electrons. The van der Waals surface area contributed by atoms with Crippen LogP contribution in [0.1, 0.15) is 55.1 Å². The van der Waals surface area contributed by atoms with Crippen molar-refractivity contribution in [1.29, 1.82) is 0 Å². The van der Waals surface area contributed by atoms with Gasteiger partial charge in [-0.3, -0.25) is 4.98 Å². The van der Waals surface area contributed by atoms with E-state index in [0.29, 0.717) is 17.5 Å². The van der Waals surface area contributed by atoms with Crippen LogP contribution in [0.3, 0.4) is 0 Å². The van der Waals surface area contributed by atoms with Crippen LogP contribution in [0, 0.1) is 0 Å². The highest BCUT2D eigenvalue weighted by Gasteiger charge is 2.31. The molecule has 0 amide bonds. The number of aromatic hydroxyl groups is 4. The number of phenols is 4. The highest BCUT2D eigenvalue weighted by atomic mass is 16.3. The van der Waals surface area contributed by atoms with Gasteiger partial charge >= 0.3 is 0 Å². The molecule has 2 unspecified atom stereocenters. The monoisotopic (exact) mass is 373 g/mol. The van der Waals surface area contributed by atoms with Crippen molar-refractivity contribution in [1.82, 2.24) is 4.98 Å². The molecular weight excluding hydrogens is 353 g/mol. The summed E-state index contributed by atoms with van der Waals surface area (Å²) in [6.07, 6.45) is 7.95. The summed E-state index contributed by atoms with van der Waals surface area (Å²) < 4.78 is 0. The van der Waals surface area contributed by atoms with E-state index < -0.39 is 23.0 Å². The lowest BCUT2D eigenvalue weighted by molar-refractivity contribution is 0.348. The maximum absolute atomic E-state index is 10.3. The van der Waals surface area contributed by atoms with Crippen LogP contribution in [-0.2, 0) is 0 Å². The highest BCUT2D eigenvalue weighted by Crippen LogP contribution is 2.49. The second kappa shape index (κ2) is 6.06. The van der Waals surface area contributed by atoms with E-state index in [1.54, 1.807) is 12.3 Å². The molecule has 28 heavy (non-hydrogen) atoms. The first-order valence-corrected chi connectivity index (χ1v) is 9.65. The van der Waals surface area contributed by atoms with Crippen molar-refractivity contribution in [3.8, 4) is 34.3 Å².